The molecule has 0 radical (unpaired) electrons. The van der Waals surface area contributed by atoms with Crippen LogP contribution in [0.1, 0.15) is 32.0 Å². The Bertz CT molecular complexity index is 574. The van der Waals surface area contributed by atoms with Gasteiger partial charge in [0.05, 0.1) is 7.11 Å². The number of nitrogens with zero attached hydrogens (tertiary/aromatic N) is 1. The highest BCUT2D eigenvalue weighted by Crippen LogP contribution is 2.38. The van der Waals surface area contributed by atoms with E-state index < -0.39 is 0 Å². The summed E-state index contributed by atoms with van der Waals surface area (Å²) in [4.78, 5) is 0. The smallest absolute Gasteiger partial charge is 0.153 e. The first-order valence-electron chi connectivity index (χ1n) is 6.34. The molecule has 1 aromatic heterocycles. The van der Waals surface area contributed by atoms with Crippen LogP contribution in [-0.2, 0) is 5.41 Å². The Hall–Kier alpha value is -1.97. The average molecular weight is 259 g/mol. The second-order valence-electron chi connectivity index (χ2n) is 5.77. The van der Waals surface area contributed by atoms with Crippen molar-refractivity contribution in [2.24, 2.45) is 0 Å². The molecule has 0 unspecified atom stereocenters. The molecule has 0 aliphatic rings. The van der Waals surface area contributed by atoms with Crippen molar-refractivity contribution in [3.63, 3.8) is 0 Å². The summed E-state index contributed by atoms with van der Waals surface area (Å²) in [5.41, 5.74) is 10.1. The van der Waals surface area contributed by atoms with Crippen LogP contribution in [0.25, 0.3) is 11.1 Å². The largest absolute Gasteiger partial charge is 0.496 e. The van der Waals surface area contributed by atoms with Crippen LogP contribution in [0.4, 0.5) is 5.82 Å². The summed E-state index contributed by atoms with van der Waals surface area (Å²) >= 11 is 0. The first kappa shape index (κ1) is 13.5. The first-order chi connectivity index (χ1) is 8.84. The monoisotopic (exact) mass is 259 g/mol. The molecule has 1 aromatic carbocycles. The molecule has 2 aromatic rings. The predicted octanol–water partition coefficient (Wildman–Crippen LogP) is 3.27. The maximum Gasteiger partial charge on any atom is 0.153 e. The third-order valence-electron chi connectivity index (χ3n) is 3.31. The second kappa shape index (κ2) is 4.61. The molecule has 0 saturated carbocycles. The van der Waals surface area contributed by atoms with Crippen molar-refractivity contribution in [2.45, 2.75) is 33.1 Å². The number of aromatic amines is 1. The molecule has 0 spiro atoms. The van der Waals surface area contributed by atoms with Gasteiger partial charge in [0.25, 0.3) is 0 Å². The summed E-state index contributed by atoms with van der Waals surface area (Å²) in [6.45, 7) is 8.51. The van der Waals surface area contributed by atoms with Crippen molar-refractivity contribution in [3.8, 4) is 16.9 Å². The van der Waals surface area contributed by atoms with E-state index in [2.05, 4.69) is 43.1 Å². The fourth-order valence-electron chi connectivity index (χ4n) is 2.16. The van der Waals surface area contributed by atoms with E-state index in [9.17, 15) is 0 Å². The molecule has 3 N–H and O–H groups in total. The minimum atomic E-state index is 0.0768. The molecule has 0 aliphatic heterocycles. The third kappa shape index (κ3) is 2.43. The van der Waals surface area contributed by atoms with Crippen LogP contribution in [0.5, 0.6) is 5.75 Å². The van der Waals surface area contributed by atoms with E-state index in [1.165, 1.54) is 5.56 Å². The van der Waals surface area contributed by atoms with E-state index in [4.69, 9.17) is 10.5 Å². The zero-order valence-electron chi connectivity index (χ0n) is 12.2. The van der Waals surface area contributed by atoms with Gasteiger partial charge in [-0.3, -0.25) is 5.10 Å². The van der Waals surface area contributed by atoms with Crippen molar-refractivity contribution in [2.75, 3.05) is 12.8 Å². The highest BCUT2D eigenvalue weighted by atomic mass is 16.5. The van der Waals surface area contributed by atoms with Crippen molar-refractivity contribution in [1.29, 1.82) is 0 Å². The maximum absolute atomic E-state index is 5.96. The zero-order chi connectivity index (χ0) is 14.2. The van der Waals surface area contributed by atoms with Gasteiger partial charge in [-0.2, -0.15) is 5.10 Å². The molecular formula is C15H21N3O. The molecule has 102 valence electrons. The van der Waals surface area contributed by atoms with Gasteiger partial charge in [-0.05, 0) is 30.0 Å². The van der Waals surface area contributed by atoms with E-state index in [0.717, 1.165) is 22.6 Å². The summed E-state index contributed by atoms with van der Waals surface area (Å²) < 4.78 is 5.45. The number of nitrogens with two attached hydrogens (primary N) is 1. The molecule has 0 atom stereocenters. The number of ether oxygens (including phenoxy) is 1. The fourth-order valence-corrected chi connectivity index (χ4v) is 2.16. The normalized spacial score (nSPS) is 11.6. The minimum Gasteiger partial charge on any atom is -0.496 e. The van der Waals surface area contributed by atoms with E-state index in [1.807, 2.05) is 13.0 Å². The van der Waals surface area contributed by atoms with Crippen LogP contribution in [-0.4, -0.2) is 17.3 Å². The molecule has 19 heavy (non-hydrogen) atoms. The van der Waals surface area contributed by atoms with Gasteiger partial charge in [0.2, 0.25) is 0 Å². The summed E-state index contributed by atoms with van der Waals surface area (Å²) in [5, 5.41) is 6.97. The average Bonchev–Trinajstić information content (AvgIpc) is 2.67. The highest BCUT2D eigenvalue weighted by Gasteiger charge is 2.19. The molecule has 4 heteroatoms. The van der Waals surface area contributed by atoms with E-state index in [1.54, 1.807) is 7.11 Å². The number of nitrogen functional groups attached to an aromatic ring is 1. The standard InChI is InChI=1S/C15H21N3O/c1-9-13(14(16)18-17-9)11-8-10(15(2,3)4)6-7-12(11)19-5/h6-8H,1-5H3,(H3,16,17,18). The van der Waals surface area contributed by atoms with Crippen molar-refractivity contribution < 1.29 is 4.74 Å². The molecule has 2 rings (SSSR count). The topological polar surface area (TPSA) is 63.9 Å². The molecule has 4 nitrogen and oxygen atoms in total. The third-order valence-corrected chi connectivity index (χ3v) is 3.31. The molecule has 0 amide bonds. The highest BCUT2D eigenvalue weighted by molar-refractivity contribution is 5.81. The lowest BCUT2D eigenvalue weighted by Crippen LogP contribution is -2.11. The quantitative estimate of drug-likeness (QED) is 0.870. The molecule has 0 bridgehead atoms. The summed E-state index contributed by atoms with van der Waals surface area (Å²) in [6, 6.07) is 6.21. The number of aryl methyl sites for hydroxylation is 1. The van der Waals surface area contributed by atoms with Crippen LogP contribution in [0.3, 0.4) is 0 Å². The van der Waals surface area contributed by atoms with Crippen LogP contribution >= 0.6 is 0 Å². The Morgan fingerprint density at radius 2 is 1.95 bits per heavy atom. The number of rotatable bonds is 2. The summed E-state index contributed by atoms with van der Waals surface area (Å²) in [6.07, 6.45) is 0. The number of hydrogen-bond acceptors (Lipinski definition) is 3. The number of nitrogens with one attached hydrogen (secondary N) is 1. The predicted molar refractivity (Wildman–Crippen MR) is 78.4 cm³/mol. The van der Waals surface area contributed by atoms with Crippen LogP contribution < -0.4 is 10.5 Å². The van der Waals surface area contributed by atoms with Gasteiger partial charge in [0.1, 0.15) is 5.75 Å². The number of H-pyrrole nitrogens is 1. The number of methoxy groups -OCH3 is 1. The van der Waals surface area contributed by atoms with Gasteiger partial charge in [-0.25, -0.2) is 0 Å². The Labute approximate surface area is 114 Å². The molecule has 1 heterocycles. The van der Waals surface area contributed by atoms with Gasteiger partial charge in [-0.1, -0.05) is 26.8 Å². The van der Waals surface area contributed by atoms with Crippen molar-refractivity contribution in [3.05, 3.63) is 29.5 Å². The van der Waals surface area contributed by atoms with Gasteiger partial charge in [-0.15, -0.1) is 0 Å². The van der Waals surface area contributed by atoms with E-state index in [0.29, 0.717) is 5.82 Å². The molecule has 0 fully saturated rings. The van der Waals surface area contributed by atoms with Gasteiger partial charge in [0, 0.05) is 16.8 Å². The second-order valence-corrected chi connectivity index (χ2v) is 5.77. The Morgan fingerprint density at radius 1 is 1.26 bits per heavy atom. The summed E-state index contributed by atoms with van der Waals surface area (Å²) in [7, 11) is 1.67. The van der Waals surface area contributed by atoms with E-state index in [-0.39, 0.29) is 5.41 Å². The van der Waals surface area contributed by atoms with Gasteiger partial charge < -0.3 is 10.5 Å². The maximum atomic E-state index is 5.96. The first-order valence-corrected chi connectivity index (χ1v) is 6.34. The van der Waals surface area contributed by atoms with Gasteiger partial charge >= 0.3 is 0 Å². The number of aromatic nitrogens is 2. The van der Waals surface area contributed by atoms with Gasteiger partial charge in [0.15, 0.2) is 5.82 Å². The fraction of sp³-hybridized carbons (Fsp3) is 0.400. The van der Waals surface area contributed by atoms with E-state index >= 15 is 0 Å². The van der Waals surface area contributed by atoms with Crippen LogP contribution in [0.15, 0.2) is 18.2 Å². The lowest BCUT2D eigenvalue weighted by Gasteiger charge is -2.21. The Balaban J connectivity index is 2.67. The molecule has 0 saturated heterocycles. The lowest BCUT2D eigenvalue weighted by molar-refractivity contribution is 0.416. The SMILES string of the molecule is COc1ccc(C(C)(C)C)cc1-c1c(N)n[nH]c1C. The Kier molecular flexibility index (Phi) is 3.27. The number of anilines is 1. The van der Waals surface area contributed by atoms with Crippen LogP contribution in [0.2, 0.25) is 0 Å². The summed E-state index contributed by atoms with van der Waals surface area (Å²) in [5.74, 6) is 1.31. The minimum absolute atomic E-state index is 0.0768. The molecular weight excluding hydrogens is 238 g/mol. The Morgan fingerprint density at radius 3 is 2.42 bits per heavy atom. The number of hydrogen-bond donors (Lipinski definition) is 2. The van der Waals surface area contributed by atoms with Crippen molar-refractivity contribution in [1.82, 2.24) is 10.2 Å². The zero-order valence-corrected chi connectivity index (χ0v) is 12.2. The van der Waals surface area contributed by atoms with Crippen LogP contribution in [0, 0.1) is 6.92 Å². The molecule has 0 aliphatic carbocycles. The lowest BCUT2D eigenvalue weighted by atomic mass is 9.85. The number of benzene rings is 1. The van der Waals surface area contributed by atoms with Crippen molar-refractivity contribution >= 4 is 5.82 Å².